The Labute approximate surface area is 116 Å². The second-order valence-corrected chi connectivity index (χ2v) is 4.67. The molecule has 0 amide bonds. The summed E-state index contributed by atoms with van der Waals surface area (Å²) < 4.78 is 43.2. The maximum absolute atomic E-state index is 12.5. The highest BCUT2D eigenvalue weighted by Gasteiger charge is 2.30. The maximum atomic E-state index is 12.5. The molecule has 0 aromatic heterocycles. The van der Waals surface area contributed by atoms with E-state index in [1.165, 1.54) is 6.07 Å². The quantitative estimate of drug-likeness (QED) is 0.799. The first kappa shape index (κ1) is 13.7. The number of halogens is 4. The third kappa shape index (κ3) is 3.41. The molecule has 0 aliphatic rings. The zero-order valence-electron chi connectivity index (χ0n) is 9.54. The van der Waals surface area contributed by atoms with Crippen molar-refractivity contribution < 1.29 is 17.9 Å². The van der Waals surface area contributed by atoms with Gasteiger partial charge in [-0.1, -0.05) is 0 Å². The lowest BCUT2D eigenvalue weighted by Gasteiger charge is -2.11. The molecule has 0 fully saturated rings. The molecule has 2 aromatic rings. The topological polar surface area (TPSA) is 35.2 Å². The van der Waals surface area contributed by atoms with Crippen LogP contribution in [0.3, 0.4) is 0 Å². The van der Waals surface area contributed by atoms with E-state index in [-0.39, 0.29) is 4.47 Å². The van der Waals surface area contributed by atoms with Crippen LogP contribution in [0.15, 0.2) is 46.9 Å². The molecule has 6 heteroatoms. The molecule has 2 N–H and O–H groups in total. The van der Waals surface area contributed by atoms with Crippen LogP contribution in [-0.4, -0.2) is 0 Å². The Hall–Kier alpha value is -1.69. The Morgan fingerprint density at radius 2 is 1.63 bits per heavy atom. The largest absolute Gasteiger partial charge is 0.456 e. The zero-order chi connectivity index (χ0) is 14.0. The number of nitrogen functional groups attached to an aromatic ring is 1. The van der Waals surface area contributed by atoms with E-state index in [0.717, 1.165) is 12.1 Å². The van der Waals surface area contributed by atoms with Crippen molar-refractivity contribution in [2.45, 2.75) is 6.18 Å². The molecular weight excluding hydrogens is 323 g/mol. The number of ether oxygens (including phenoxy) is 1. The maximum Gasteiger partial charge on any atom is 0.416 e. The van der Waals surface area contributed by atoms with Crippen LogP contribution in [0.2, 0.25) is 0 Å². The van der Waals surface area contributed by atoms with E-state index in [9.17, 15) is 13.2 Å². The van der Waals surface area contributed by atoms with E-state index in [1.807, 2.05) is 0 Å². The van der Waals surface area contributed by atoms with E-state index in [4.69, 9.17) is 10.5 Å². The van der Waals surface area contributed by atoms with Crippen molar-refractivity contribution in [3.05, 3.63) is 52.5 Å². The average Bonchev–Trinajstić information content (AvgIpc) is 2.33. The number of benzene rings is 2. The van der Waals surface area contributed by atoms with Crippen LogP contribution >= 0.6 is 15.9 Å². The fourth-order valence-electron chi connectivity index (χ4n) is 1.42. The smallest absolute Gasteiger partial charge is 0.416 e. The van der Waals surface area contributed by atoms with Gasteiger partial charge in [0, 0.05) is 5.69 Å². The molecule has 2 aromatic carbocycles. The van der Waals surface area contributed by atoms with E-state index in [0.29, 0.717) is 17.2 Å². The number of nitrogens with two attached hydrogens (primary N) is 1. The zero-order valence-corrected chi connectivity index (χ0v) is 11.1. The number of anilines is 1. The van der Waals surface area contributed by atoms with Gasteiger partial charge in [-0.05, 0) is 58.4 Å². The first-order valence-electron chi connectivity index (χ1n) is 5.26. The lowest BCUT2D eigenvalue weighted by Crippen LogP contribution is -2.04. The molecule has 0 heterocycles. The van der Waals surface area contributed by atoms with Crippen LogP contribution in [-0.2, 0) is 6.18 Å². The third-order valence-electron chi connectivity index (χ3n) is 2.37. The fourth-order valence-corrected chi connectivity index (χ4v) is 1.88. The number of alkyl halides is 3. The molecule has 0 saturated carbocycles. The summed E-state index contributed by atoms with van der Waals surface area (Å²) in [6.07, 6.45) is -4.37. The Kier molecular flexibility index (Phi) is 3.71. The second-order valence-electron chi connectivity index (χ2n) is 3.81. The summed E-state index contributed by atoms with van der Waals surface area (Å²) in [5.41, 5.74) is 5.38. The van der Waals surface area contributed by atoms with Gasteiger partial charge in [-0.15, -0.1) is 0 Å². The predicted molar refractivity (Wildman–Crippen MR) is 70.1 cm³/mol. The first-order valence-corrected chi connectivity index (χ1v) is 6.06. The van der Waals surface area contributed by atoms with Crippen molar-refractivity contribution in [1.29, 1.82) is 0 Å². The van der Waals surface area contributed by atoms with Crippen molar-refractivity contribution >= 4 is 21.6 Å². The highest BCUT2D eigenvalue weighted by atomic mass is 79.9. The lowest BCUT2D eigenvalue weighted by molar-refractivity contribution is -0.137. The van der Waals surface area contributed by atoms with E-state index in [2.05, 4.69) is 15.9 Å². The van der Waals surface area contributed by atoms with Gasteiger partial charge in [-0.2, -0.15) is 13.2 Å². The van der Waals surface area contributed by atoms with Gasteiger partial charge >= 0.3 is 6.18 Å². The summed E-state index contributed by atoms with van der Waals surface area (Å²) in [5, 5.41) is 0. The SMILES string of the molecule is Nc1ccc(Oc2ccc(C(F)(F)F)cc2Br)cc1. The number of rotatable bonds is 2. The second kappa shape index (κ2) is 5.13. The van der Waals surface area contributed by atoms with Crippen LogP contribution < -0.4 is 10.5 Å². The third-order valence-corrected chi connectivity index (χ3v) is 2.99. The van der Waals surface area contributed by atoms with Crippen molar-refractivity contribution in [2.24, 2.45) is 0 Å². The molecule has 100 valence electrons. The molecular formula is C13H9BrF3NO. The van der Waals surface area contributed by atoms with E-state index in [1.54, 1.807) is 24.3 Å². The van der Waals surface area contributed by atoms with Gasteiger partial charge in [0.2, 0.25) is 0 Å². The van der Waals surface area contributed by atoms with Crippen LogP contribution in [0.5, 0.6) is 11.5 Å². The van der Waals surface area contributed by atoms with Crippen LogP contribution in [0.25, 0.3) is 0 Å². The summed E-state index contributed by atoms with van der Waals surface area (Å²) in [7, 11) is 0. The lowest BCUT2D eigenvalue weighted by atomic mass is 10.2. The van der Waals surface area contributed by atoms with Gasteiger partial charge in [0.05, 0.1) is 10.0 Å². The molecule has 0 aliphatic carbocycles. The highest BCUT2D eigenvalue weighted by Crippen LogP contribution is 2.36. The van der Waals surface area contributed by atoms with Gasteiger partial charge in [0.15, 0.2) is 0 Å². The summed E-state index contributed by atoms with van der Waals surface area (Å²) in [6.45, 7) is 0. The van der Waals surface area contributed by atoms with Crippen LogP contribution in [0, 0.1) is 0 Å². The molecule has 19 heavy (non-hydrogen) atoms. The molecule has 0 unspecified atom stereocenters. The first-order chi connectivity index (χ1) is 8.86. The van der Waals surface area contributed by atoms with Gasteiger partial charge < -0.3 is 10.5 Å². The minimum Gasteiger partial charge on any atom is -0.456 e. The Balaban J connectivity index is 2.24. The summed E-state index contributed by atoms with van der Waals surface area (Å²) in [5.74, 6) is 0.799. The number of hydrogen-bond acceptors (Lipinski definition) is 2. The summed E-state index contributed by atoms with van der Waals surface area (Å²) >= 11 is 3.06. The van der Waals surface area contributed by atoms with Crippen molar-refractivity contribution in [1.82, 2.24) is 0 Å². The minimum absolute atomic E-state index is 0.235. The van der Waals surface area contributed by atoms with Gasteiger partial charge in [-0.25, -0.2) is 0 Å². The predicted octanol–water partition coefficient (Wildman–Crippen LogP) is 4.84. The standard InChI is InChI=1S/C13H9BrF3NO/c14-11-7-8(13(15,16)17)1-6-12(11)19-10-4-2-9(18)3-5-10/h1-7H,18H2. The molecule has 2 nitrogen and oxygen atoms in total. The van der Waals surface area contributed by atoms with Gasteiger partial charge in [0.25, 0.3) is 0 Å². The van der Waals surface area contributed by atoms with Gasteiger partial charge in [0.1, 0.15) is 11.5 Å². The fraction of sp³-hybridized carbons (Fsp3) is 0.0769. The molecule has 0 spiro atoms. The van der Waals surface area contributed by atoms with Gasteiger partial charge in [-0.3, -0.25) is 0 Å². The average molecular weight is 332 g/mol. The molecule has 0 bridgehead atoms. The van der Waals surface area contributed by atoms with Crippen LogP contribution in [0.4, 0.5) is 18.9 Å². The van der Waals surface area contributed by atoms with E-state index >= 15 is 0 Å². The Bertz CT molecular complexity index is 581. The van der Waals surface area contributed by atoms with Crippen molar-refractivity contribution in [3.8, 4) is 11.5 Å². The minimum atomic E-state index is -4.37. The van der Waals surface area contributed by atoms with Crippen LogP contribution in [0.1, 0.15) is 5.56 Å². The molecule has 0 atom stereocenters. The normalized spacial score (nSPS) is 11.4. The summed E-state index contributed by atoms with van der Waals surface area (Å²) in [4.78, 5) is 0. The molecule has 0 aliphatic heterocycles. The number of hydrogen-bond donors (Lipinski definition) is 1. The highest BCUT2D eigenvalue weighted by molar-refractivity contribution is 9.10. The molecule has 2 rings (SSSR count). The Morgan fingerprint density at radius 1 is 1.00 bits per heavy atom. The van der Waals surface area contributed by atoms with E-state index < -0.39 is 11.7 Å². The molecule has 0 radical (unpaired) electrons. The monoisotopic (exact) mass is 331 g/mol. The molecule has 0 saturated heterocycles. The Morgan fingerprint density at radius 3 is 2.16 bits per heavy atom. The summed E-state index contributed by atoms with van der Waals surface area (Å²) in [6, 6.07) is 9.78. The van der Waals surface area contributed by atoms with Crippen molar-refractivity contribution in [2.75, 3.05) is 5.73 Å². The van der Waals surface area contributed by atoms with Crippen molar-refractivity contribution in [3.63, 3.8) is 0 Å².